The minimum absolute atomic E-state index is 0.0459. The highest BCUT2D eigenvalue weighted by atomic mass is 19.3. The van der Waals surface area contributed by atoms with E-state index in [0.29, 0.717) is 5.75 Å². The summed E-state index contributed by atoms with van der Waals surface area (Å²) in [5, 5.41) is 11.1. The van der Waals surface area contributed by atoms with Gasteiger partial charge in [-0.25, -0.2) is 8.78 Å². The van der Waals surface area contributed by atoms with Crippen molar-refractivity contribution in [3.05, 3.63) is 33.9 Å². The Balaban J connectivity index is 2.47. The molecule has 1 saturated carbocycles. The van der Waals surface area contributed by atoms with Crippen molar-refractivity contribution in [1.29, 1.82) is 0 Å². The average molecular weight is 272 g/mol. The lowest BCUT2D eigenvalue weighted by Crippen LogP contribution is -2.53. The van der Waals surface area contributed by atoms with Crippen LogP contribution in [0.3, 0.4) is 0 Å². The SMILES string of the molecule is COc1ccc(C2(CN)CC(F)(F)C2)c([N+](=O)[O-])c1. The molecule has 0 radical (unpaired) electrons. The second-order valence-electron chi connectivity index (χ2n) is 4.83. The van der Waals surface area contributed by atoms with Crippen molar-refractivity contribution in [3.8, 4) is 5.75 Å². The molecule has 0 spiro atoms. The van der Waals surface area contributed by atoms with Gasteiger partial charge in [-0.3, -0.25) is 10.1 Å². The first-order valence-corrected chi connectivity index (χ1v) is 5.74. The van der Waals surface area contributed by atoms with Gasteiger partial charge >= 0.3 is 0 Å². The van der Waals surface area contributed by atoms with E-state index in [9.17, 15) is 18.9 Å². The van der Waals surface area contributed by atoms with E-state index in [1.54, 1.807) is 0 Å². The second-order valence-corrected chi connectivity index (χ2v) is 4.83. The molecule has 0 aromatic heterocycles. The number of methoxy groups -OCH3 is 1. The highest BCUT2D eigenvalue weighted by Crippen LogP contribution is 2.54. The molecule has 1 aliphatic rings. The molecule has 0 atom stereocenters. The standard InChI is InChI=1S/C12H14F2N2O3/c1-19-8-2-3-9(10(4-8)16(17)18)11(7-15)5-12(13,14)6-11/h2-4H,5-7,15H2,1H3. The Bertz CT molecular complexity index is 512. The summed E-state index contributed by atoms with van der Waals surface area (Å²) in [6.07, 6.45) is -0.909. The van der Waals surface area contributed by atoms with Crippen LogP contribution in [0.25, 0.3) is 0 Å². The van der Waals surface area contributed by atoms with Crippen molar-refractivity contribution in [2.75, 3.05) is 13.7 Å². The van der Waals surface area contributed by atoms with Gasteiger partial charge in [0.25, 0.3) is 5.69 Å². The van der Waals surface area contributed by atoms with Crippen LogP contribution in [0.5, 0.6) is 5.75 Å². The number of benzene rings is 1. The van der Waals surface area contributed by atoms with Crippen molar-refractivity contribution in [3.63, 3.8) is 0 Å². The molecule has 2 N–H and O–H groups in total. The van der Waals surface area contributed by atoms with Gasteiger partial charge in [-0.1, -0.05) is 0 Å². The van der Waals surface area contributed by atoms with Gasteiger partial charge in [0.2, 0.25) is 5.92 Å². The predicted octanol–water partition coefficient (Wildman–Crippen LogP) is 2.23. The summed E-state index contributed by atoms with van der Waals surface area (Å²) in [6.45, 7) is -0.0459. The van der Waals surface area contributed by atoms with Crippen molar-refractivity contribution < 1.29 is 18.4 Å². The Labute approximate surface area is 108 Å². The maximum Gasteiger partial charge on any atom is 0.276 e. The Hall–Kier alpha value is -1.76. The minimum Gasteiger partial charge on any atom is -0.497 e. The van der Waals surface area contributed by atoms with Gasteiger partial charge in [0.1, 0.15) is 5.75 Å². The van der Waals surface area contributed by atoms with E-state index >= 15 is 0 Å². The smallest absolute Gasteiger partial charge is 0.276 e. The number of rotatable bonds is 4. The van der Waals surface area contributed by atoms with Crippen molar-refractivity contribution in [2.24, 2.45) is 5.73 Å². The summed E-state index contributed by atoms with van der Waals surface area (Å²) in [5.74, 6) is -2.48. The first kappa shape index (κ1) is 13.7. The van der Waals surface area contributed by atoms with E-state index in [1.165, 1.54) is 25.3 Å². The van der Waals surface area contributed by atoms with Crippen LogP contribution in [-0.4, -0.2) is 24.5 Å². The number of ether oxygens (including phenoxy) is 1. The molecule has 1 fully saturated rings. The number of halogens is 2. The fraction of sp³-hybridized carbons (Fsp3) is 0.500. The summed E-state index contributed by atoms with van der Waals surface area (Å²) in [6, 6.07) is 4.22. The molecule has 1 aromatic rings. The van der Waals surface area contributed by atoms with Crippen LogP contribution in [0, 0.1) is 10.1 Å². The van der Waals surface area contributed by atoms with Crippen LogP contribution in [0.1, 0.15) is 18.4 Å². The number of hydrogen-bond donors (Lipinski definition) is 1. The Kier molecular flexibility index (Phi) is 3.17. The molecule has 1 aromatic carbocycles. The Morgan fingerprint density at radius 3 is 2.53 bits per heavy atom. The summed E-state index contributed by atoms with van der Waals surface area (Å²) in [7, 11) is 1.38. The van der Waals surface area contributed by atoms with Crippen LogP contribution >= 0.6 is 0 Å². The van der Waals surface area contributed by atoms with Crippen molar-refractivity contribution in [2.45, 2.75) is 24.2 Å². The second kappa shape index (κ2) is 4.41. The molecule has 0 aliphatic heterocycles. The minimum atomic E-state index is -2.80. The van der Waals surface area contributed by atoms with E-state index < -0.39 is 29.1 Å². The van der Waals surface area contributed by atoms with Gasteiger partial charge < -0.3 is 10.5 Å². The molecule has 1 aliphatic carbocycles. The zero-order valence-electron chi connectivity index (χ0n) is 10.4. The maximum absolute atomic E-state index is 13.1. The van der Waals surface area contributed by atoms with Crippen LogP contribution in [0.15, 0.2) is 18.2 Å². The van der Waals surface area contributed by atoms with Gasteiger partial charge in [0.05, 0.1) is 18.1 Å². The van der Waals surface area contributed by atoms with Crippen molar-refractivity contribution >= 4 is 5.69 Å². The highest BCUT2D eigenvalue weighted by Gasteiger charge is 2.58. The summed E-state index contributed by atoms with van der Waals surface area (Å²) in [4.78, 5) is 10.5. The van der Waals surface area contributed by atoms with Gasteiger partial charge in [0.15, 0.2) is 0 Å². The van der Waals surface area contributed by atoms with Crippen molar-refractivity contribution in [1.82, 2.24) is 0 Å². The van der Waals surface area contributed by atoms with Gasteiger partial charge in [-0.05, 0) is 12.1 Å². The van der Waals surface area contributed by atoms with E-state index in [0.717, 1.165) is 0 Å². The number of nitro groups is 1. The molecule has 0 bridgehead atoms. The Morgan fingerprint density at radius 2 is 2.11 bits per heavy atom. The van der Waals surface area contributed by atoms with Gasteiger partial charge in [0, 0.05) is 30.4 Å². The fourth-order valence-corrected chi connectivity index (χ4v) is 2.62. The molecule has 19 heavy (non-hydrogen) atoms. The monoisotopic (exact) mass is 272 g/mol. The third kappa shape index (κ3) is 2.25. The molecular formula is C12H14F2N2O3. The lowest BCUT2D eigenvalue weighted by Gasteiger charge is -2.46. The molecule has 0 amide bonds. The van der Waals surface area contributed by atoms with E-state index in [-0.39, 0.29) is 17.8 Å². The summed E-state index contributed by atoms with van der Waals surface area (Å²) in [5.41, 5.74) is 4.59. The average Bonchev–Trinajstić information content (AvgIpc) is 2.34. The predicted molar refractivity (Wildman–Crippen MR) is 64.6 cm³/mol. The van der Waals surface area contributed by atoms with Gasteiger partial charge in [-0.2, -0.15) is 0 Å². The quantitative estimate of drug-likeness (QED) is 0.673. The largest absolute Gasteiger partial charge is 0.497 e. The lowest BCUT2D eigenvalue weighted by molar-refractivity contribution is -0.386. The number of nitrogens with zero attached hydrogens (tertiary/aromatic N) is 1. The summed E-state index contributed by atoms with van der Waals surface area (Å²) < 4.78 is 31.2. The Morgan fingerprint density at radius 1 is 1.47 bits per heavy atom. The zero-order valence-corrected chi connectivity index (χ0v) is 10.4. The number of alkyl halides is 2. The maximum atomic E-state index is 13.1. The summed E-state index contributed by atoms with van der Waals surface area (Å²) >= 11 is 0. The normalized spacial score (nSPS) is 19.6. The molecule has 7 heteroatoms. The number of hydrogen-bond acceptors (Lipinski definition) is 4. The molecule has 0 saturated heterocycles. The molecule has 2 rings (SSSR count). The fourth-order valence-electron chi connectivity index (χ4n) is 2.62. The zero-order chi connectivity index (χ0) is 14.3. The van der Waals surface area contributed by atoms with Crippen LogP contribution in [0.2, 0.25) is 0 Å². The van der Waals surface area contributed by atoms with Crippen LogP contribution in [-0.2, 0) is 5.41 Å². The van der Waals surface area contributed by atoms with Crippen LogP contribution in [0.4, 0.5) is 14.5 Å². The molecule has 5 nitrogen and oxygen atoms in total. The molecule has 0 unspecified atom stereocenters. The van der Waals surface area contributed by atoms with E-state index in [4.69, 9.17) is 10.5 Å². The third-order valence-corrected chi connectivity index (χ3v) is 3.56. The molecule has 104 valence electrons. The third-order valence-electron chi connectivity index (χ3n) is 3.56. The molecular weight excluding hydrogens is 258 g/mol. The first-order chi connectivity index (χ1) is 8.83. The number of nitro benzene ring substituents is 1. The lowest BCUT2D eigenvalue weighted by atomic mass is 9.61. The topological polar surface area (TPSA) is 78.4 Å². The number of nitrogens with two attached hydrogens (primary N) is 1. The van der Waals surface area contributed by atoms with E-state index in [2.05, 4.69) is 0 Å². The van der Waals surface area contributed by atoms with Crippen LogP contribution < -0.4 is 10.5 Å². The molecule has 0 heterocycles. The highest BCUT2D eigenvalue weighted by molar-refractivity contribution is 5.51. The first-order valence-electron chi connectivity index (χ1n) is 5.74. The van der Waals surface area contributed by atoms with Gasteiger partial charge in [-0.15, -0.1) is 0 Å². The van der Waals surface area contributed by atoms with E-state index in [1.807, 2.05) is 0 Å².